The number of hydrogen-bond donors (Lipinski definition) is 1. The first-order valence-electron chi connectivity index (χ1n) is 11.5. The van der Waals surface area contributed by atoms with Crippen LogP contribution in [0.15, 0.2) is 65.8 Å². The van der Waals surface area contributed by atoms with E-state index >= 15 is 0 Å². The SMILES string of the molecule is CCOC(=O)c1c(CS(=O)(=O)c2ccccc2)n(C)c2cc(-c3cccnc3)c(O)c(CN(C)C)c12. The average Bonchev–Trinajstić information content (AvgIpc) is 3.12. The molecule has 0 saturated heterocycles. The van der Waals surface area contributed by atoms with Gasteiger partial charge in [-0.25, -0.2) is 13.2 Å². The van der Waals surface area contributed by atoms with E-state index in [1.807, 2.05) is 25.1 Å². The van der Waals surface area contributed by atoms with Crippen LogP contribution >= 0.6 is 0 Å². The summed E-state index contributed by atoms with van der Waals surface area (Å²) >= 11 is 0. The van der Waals surface area contributed by atoms with E-state index < -0.39 is 21.6 Å². The van der Waals surface area contributed by atoms with Crippen LogP contribution in [0.25, 0.3) is 22.0 Å². The molecule has 0 aliphatic heterocycles. The Balaban J connectivity index is 2.06. The molecule has 0 unspecified atom stereocenters. The van der Waals surface area contributed by atoms with Crippen LogP contribution in [-0.2, 0) is 33.9 Å². The number of carbonyl (C=O) groups is 1. The molecule has 4 aromatic rings. The molecule has 0 amide bonds. The highest BCUT2D eigenvalue weighted by Crippen LogP contribution is 2.42. The van der Waals surface area contributed by atoms with Gasteiger partial charge in [-0.3, -0.25) is 4.98 Å². The molecule has 188 valence electrons. The van der Waals surface area contributed by atoms with E-state index in [4.69, 9.17) is 4.74 Å². The molecule has 2 heterocycles. The molecule has 2 aromatic heterocycles. The minimum atomic E-state index is -3.77. The molecule has 36 heavy (non-hydrogen) atoms. The summed E-state index contributed by atoms with van der Waals surface area (Å²) in [4.78, 5) is 19.5. The molecule has 0 fully saturated rings. The van der Waals surface area contributed by atoms with Crippen LogP contribution < -0.4 is 0 Å². The monoisotopic (exact) mass is 507 g/mol. The van der Waals surface area contributed by atoms with Gasteiger partial charge in [-0.15, -0.1) is 0 Å². The van der Waals surface area contributed by atoms with Crippen molar-refractivity contribution in [3.05, 3.63) is 77.7 Å². The van der Waals surface area contributed by atoms with Crippen LogP contribution in [-0.4, -0.2) is 54.6 Å². The van der Waals surface area contributed by atoms with Crippen molar-refractivity contribution in [2.45, 2.75) is 24.1 Å². The molecule has 0 spiro atoms. The number of fused-ring (bicyclic) bond motifs is 1. The molecule has 1 N–H and O–H groups in total. The number of nitrogens with zero attached hydrogens (tertiary/aromatic N) is 3. The van der Waals surface area contributed by atoms with E-state index in [1.165, 1.54) is 12.1 Å². The van der Waals surface area contributed by atoms with Crippen molar-refractivity contribution in [3.8, 4) is 16.9 Å². The fourth-order valence-electron chi connectivity index (χ4n) is 4.41. The quantitative estimate of drug-likeness (QED) is 0.357. The maximum absolute atomic E-state index is 13.4. The van der Waals surface area contributed by atoms with Crippen molar-refractivity contribution >= 4 is 26.7 Å². The van der Waals surface area contributed by atoms with E-state index in [-0.39, 0.29) is 22.8 Å². The predicted molar refractivity (Wildman–Crippen MR) is 138 cm³/mol. The second kappa shape index (κ2) is 10.1. The highest BCUT2D eigenvalue weighted by Gasteiger charge is 2.30. The molecular weight excluding hydrogens is 478 g/mol. The lowest BCUT2D eigenvalue weighted by Gasteiger charge is -2.17. The van der Waals surface area contributed by atoms with Gasteiger partial charge >= 0.3 is 5.97 Å². The summed E-state index contributed by atoms with van der Waals surface area (Å²) in [5, 5.41) is 11.9. The Hall–Kier alpha value is -3.69. The van der Waals surface area contributed by atoms with Gasteiger partial charge in [0.15, 0.2) is 9.84 Å². The molecule has 2 aromatic carbocycles. The molecule has 8 nitrogen and oxygen atoms in total. The third kappa shape index (κ3) is 4.72. The summed E-state index contributed by atoms with van der Waals surface area (Å²) in [7, 11) is 1.67. The fourth-order valence-corrected chi connectivity index (χ4v) is 5.85. The summed E-state index contributed by atoms with van der Waals surface area (Å²) in [6, 6.07) is 13.5. The number of phenols is 1. The van der Waals surface area contributed by atoms with Crippen LogP contribution in [0.2, 0.25) is 0 Å². The third-order valence-electron chi connectivity index (χ3n) is 6.04. The number of benzene rings is 2. The third-order valence-corrected chi connectivity index (χ3v) is 7.68. The van der Waals surface area contributed by atoms with E-state index in [0.29, 0.717) is 39.8 Å². The predicted octanol–water partition coefficient (Wildman–Crippen LogP) is 4.16. The van der Waals surface area contributed by atoms with Gasteiger partial charge in [0.2, 0.25) is 0 Å². The molecule has 0 bridgehead atoms. The minimum absolute atomic E-state index is 0.0119. The molecular formula is C27H29N3O5S. The van der Waals surface area contributed by atoms with Crippen molar-refractivity contribution in [1.82, 2.24) is 14.5 Å². The lowest BCUT2D eigenvalue weighted by atomic mass is 9.96. The first-order chi connectivity index (χ1) is 17.2. The molecule has 0 aliphatic carbocycles. The van der Waals surface area contributed by atoms with Gasteiger partial charge in [0.1, 0.15) is 5.75 Å². The Morgan fingerprint density at radius 1 is 1.14 bits per heavy atom. The molecule has 0 aliphatic rings. The summed E-state index contributed by atoms with van der Waals surface area (Å²) in [6.07, 6.45) is 3.30. The first kappa shape index (κ1) is 25.4. The van der Waals surface area contributed by atoms with Gasteiger partial charge in [0.05, 0.1) is 28.3 Å². The zero-order valence-electron chi connectivity index (χ0n) is 20.7. The molecule has 9 heteroatoms. The average molecular weight is 508 g/mol. The van der Waals surface area contributed by atoms with Gasteiger partial charge in [0.25, 0.3) is 0 Å². The van der Waals surface area contributed by atoms with Crippen LogP contribution in [0.3, 0.4) is 0 Å². The molecule has 0 radical (unpaired) electrons. The van der Waals surface area contributed by atoms with E-state index in [0.717, 1.165) is 0 Å². The number of ether oxygens (including phenoxy) is 1. The lowest BCUT2D eigenvalue weighted by molar-refractivity contribution is 0.0527. The van der Waals surface area contributed by atoms with Gasteiger partial charge in [-0.05, 0) is 45.3 Å². The number of hydrogen-bond acceptors (Lipinski definition) is 7. The van der Waals surface area contributed by atoms with Gasteiger partial charge in [-0.1, -0.05) is 24.3 Å². The largest absolute Gasteiger partial charge is 0.507 e. The van der Waals surface area contributed by atoms with Crippen LogP contribution in [0.4, 0.5) is 0 Å². The number of phenolic OH excluding ortho intramolecular Hbond substituents is 1. The van der Waals surface area contributed by atoms with Crippen LogP contribution in [0, 0.1) is 0 Å². The van der Waals surface area contributed by atoms with Crippen molar-refractivity contribution in [2.75, 3.05) is 20.7 Å². The van der Waals surface area contributed by atoms with Gasteiger partial charge in [-0.2, -0.15) is 0 Å². The number of carbonyl (C=O) groups excluding carboxylic acids is 1. The molecule has 0 atom stereocenters. The zero-order chi connectivity index (χ0) is 26.0. The molecule has 0 saturated carbocycles. The Morgan fingerprint density at radius 3 is 2.47 bits per heavy atom. The minimum Gasteiger partial charge on any atom is -0.507 e. The van der Waals surface area contributed by atoms with E-state index in [1.54, 1.807) is 61.3 Å². The Bertz CT molecular complexity index is 1510. The Labute approximate surface area is 210 Å². The number of aryl methyl sites for hydroxylation is 1. The second-order valence-corrected chi connectivity index (χ2v) is 10.8. The topological polar surface area (TPSA) is 102 Å². The van der Waals surface area contributed by atoms with Crippen molar-refractivity contribution in [1.29, 1.82) is 0 Å². The smallest absolute Gasteiger partial charge is 0.340 e. The highest BCUT2D eigenvalue weighted by molar-refractivity contribution is 7.90. The fraction of sp³-hybridized carbons (Fsp3) is 0.259. The number of aromatic nitrogens is 2. The Morgan fingerprint density at radius 2 is 1.86 bits per heavy atom. The molecule has 4 rings (SSSR count). The second-order valence-electron chi connectivity index (χ2n) is 8.80. The highest BCUT2D eigenvalue weighted by atomic mass is 32.2. The number of sulfone groups is 1. The number of pyridine rings is 1. The maximum Gasteiger partial charge on any atom is 0.340 e. The summed E-state index contributed by atoms with van der Waals surface area (Å²) < 4.78 is 33.8. The van der Waals surface area contributed by atoms with Crippen molar-refractivity contribution in [2.24, 2.45) is 7.05 Å². The maximum atomic E-state index is 13.4. The summed E-state index contributed by atoms with van der Waals surface area (Å²) in [5.74, 6) is -1.02. The zero-order valence-corrected chi connectivity index (χ0v) is 21.5. The van der Waals surface area contributed by atoms with E-state index in [9.17, 15) is 18.3 Å². The van der Waals surface area contributed by atoms with Crippen molar-refractivity contribution < 1.29 is 23.1 Å². The summed E-state index contributed by atoms with van der Waals surface area (Å²) in [6.45, 7) is 2.14. The van der Waals surface area contributed by atoms with E-state index in [2.05, 4.69) is 4.98 Å². The van der Waals surface area contributed by atoms with Crippen molar-refractivity contribution in [3.63, 3.8) is 0 Å². The normalized spacial score (nSPS) is 11.8. The van der Waals surface area contributed by atoms with Crippen LogP contribution in [0.5, 0.6) is 5.75 Å². The lowest BCUT2D eigenvalue weighted by Crippen LogP contribution is -2.15. The summed E-state index contributed by atoms with van der Waals surface area (Å²) in [5.41, 5.74) is 2.83. The van der Waals surface area contributed by atoms with Crippen LogP contribution in [0.1, 0.15) is 28.5 Å². The number of rotatable bonds is 8. The number of esters is 1. The first-order valence-corrected chi connectivity index (χ1v) is 13.2. The standard InChI is InChI=1S/C27H29N3O5S/c1-5-35-27(32)25-23(17-36(33,34)19-11-7-6-8-12-19)30(4)22-14-20(18-10-9-13-28-15-18)26(31)21(24(22)25)16-29(2)3/h6-15,31H,5,16-17H2,1-4H3. The van der Waals surface area contributed by atoms with Gasteiger partial charge < -0.3 is 19.3 Å². The van der Waals surface area contributed by atoms with Gasteiger partial charge in [0, 0.05) is 53.8 Å². The Kier molecular flexibility index (Phi) is 7.14. The number of aromatic hydroxyl groups is 1.